The van der Waals surface area contributed by atoms with Gasteiger partial charge in [-0.2, -0.15) is 4.98 Å². The lowest BCUT2D eigenvalue weighted by molar-refractivity contribution is 0.00781. The zero-order chi connectivity index (χ0) is 12.8. The summed E-state index contributed by atoms with van der Waals surface area (Å²) in [4.78, 5) is 9.69. The molecule has 0 aliphatic carbocycles. The maximum atomic E-state index is 5.53. The largest absolute Gasteiger partial charge is 0.339 e. The minimum absolute atomic E-state index is 0.338. The highest BCUT2D eigenvalue weighted by Crippen LogP contribution is 2.30. The van der Waals surface area contributed by atoms with Gasteiger partial charge in [0.05, 0.1) is 12.0 Å². The summed E-state index contributed by atoms with van der Waals surface area (Å²) >= 11 is 0. The number of piperazine rings is 3. The molecule has 2 bridgehead atoms. The monoisotopic (exact) mass is 263 g/mol. The lowest BCUT2D eigenvalue weighted by atomic mass is 9.98. The lowest BCUT2D eigenvalue weighted by Gasteiger charge is -2.46. The van der Waals surface area contributed by atoms with Crippen LogP contribution in [-0.2, 0) is 0 Å². The van der Waals surface area contributed by atoms with Gasteiger partial charge in [0.1, 0.15) is 0 Å². The van der Waals surface area contributed by atoms with Crippen molar-refractivity contribution in [3.63, 3.8) is 0 Å². The molecule has 0 amide bonds. The summed E-state index contributed by atoms with van der Waals surface area (Å²) in [6.45, 7) is 9.94. The molecular weight excluding hydrogens is 242 g/mol. The number of fused-ring (bicyclic) bond motifs is 3. The average molecular weight is 263 g/mol. The molecule has 0 saturated carbocycles. The van der Waals surface area contributed by atoms with E-state index < -0.39 is 0 Å². The van der Waals surface area contributed by atoms with Gasteiger partial charge in [0.25, 0.3) is 0 Å². The minimum atomic E-state index is 0.338. The number of nitrogens with one attached hydrogen (secondary N) is 1. The molecule has 3 unspecified atom stereocenters. The van der Waals surface area contributed by atoms with E-state index in [1.165, 1.54) is 13.1 Å². The summed E-state index contributed by atoms with van der Waals surface area (Å²) in [7, 11) is 0. The van der Waals surface area contributed by atoms with Crippen LogP contribution in [0, 0.1) is 5.92 Å². The first kappa shape index (κ1) is 11.8. The van der Waals surface area contributed by atoms with Gasteiger partial charge in [0, 0.05) is 39.3 Å². The Balaban J connectivity index is 1.55. The zero-order valence-electron chi connectivity index (χ0n) is 11.4. The molecule has 5 heterocycles. The summed E-state index contributed by atoms with van der Waals surface area (Å²) in [5.74, 6) is 2.68. The van der Waals surface area contributed by atoms with Crippen molar-refractivity contribution in [2.45, 2.75) is 18.9 Å². The first-order valence-corrected chi connectivity index (χ1v) is 7.32. The first-order chi connectivity index (χ1) is 9.31. The van der Waals surface area contributed by atoms with Gasteiger partial charge in [0.15, 0.2) is 5.82 Å². The number of hydrogen-bond acceptors (Lipinski definition) is 6. The summed E-state index contributed by atoms with van der Waals surface area (Å²) in [6.07, 6.45) is 0. The Morgan fingerprint density at radius 3 is 2.68 bits per heavy atom. The Labute approximate surface area is 113 Å². The Morgan fingerprint density at radius 1 is 1.21 bits per heavy atom. The Bertz CT molecular complexity index is 454. The van der Waals surface area contributed by atoms with Gasteiger partial charge in [-0.05, 0) is 12.5 Å². The maximum absolute atomic E-state index is 5.53. The summed E-state index contributed by atoms with van der Waals surface area (Å²) < 4.78 is 5.53. The predicted molar refractivity (Wildman–Crippen MR) is 69.8 cm³/mol. The lowest BCUT2D eigenvalue weighted by Crippen LogP contribution is -2.57. The third kappa shape index (κ3) is 1.98. The molecule has 0 aromatic carbocycles. The first-order valence-electron chi connectivity index (χ1n) is 7.32. The SMILES string of the molecule is CC1CNCC1c1nc(C2CN3CCN2CC3)no1. The average Bonchev–Trinajstić information content (AvgIpc) is 3.08. The quantitative estimate of drug-likeness (QED) is 0.814. The second-order valence-corrected chi connectivity index (χ2v) is 6.09. The molecule has 6 heteroatoms. The van der Waals surface area contributed by atoms with Crippen molar-refractivity contribution in [1.82, 2.24) is 25.3 Å². The molecule has 4 aliphatic heterocycles. The van der Waals surface area contributed by atoms with Crippen LogP contribution in [0.3, 0.4) is 0 Å². The zero-order valence-corrected chi connectivity index (χ0v) is 11.4. The van der Waals surface area contributed by atoms with Crippen LogP contribution >= 0.6 is 0 Å². The highest BCUT2D eigenvalue weighted by Gasteiger charge is 2.37. The molecule has 0 spiro atoms. The normalized spacial score (nSPS) is 41.8. The van der Waals surface area contributed by atoms with Gasteiger partial charge in [-0.25, -0.2) is 0 Å². The highest BCUT2D eigenvalue weighted by atomic mass is 16.5. The molecule has 4 saturated heterocycles. The van der Waals surface area contributed by atoms with E-state index in [-0.39, 0.29) is 0 Å². The maximum Gasteiger partial charge on any atom is 0.231 e. The Morgan fingerprint density at radius 2 is 2.05 bits per heavy atom. The van der Waals surface area contributed by atoms with Crippen molar-refractivity contribution in [2.24, 2.45) is 5.92 Å². The number of hydrogen-bond donors (Lipinski definition) is 1. The van der Waals surface area contributed by atoms with Crippen molar-refractivity contribution < 1.29 is 4.52 Å². The van der Waals surface area contributed by atoms with Gasteiger partial charge in [-0.3, -0.25) is 9.80 Å². The van der Waals surface area contributed by atoms with Gasteiger partial charge >= 0.3 is 0 Å². The molecule has 1 aromatic rings. The van der Waals surface area contributed by atoms with Crippen LogP contribution in [0.15, 0.2) is 4.52 Å². The van der Waals surface area contributed by atoms with Crippen LogP contribution in [-0.4, -0.2) is 65.8 Å². The molecule has 19 heavy (non-hydrogen) atoms. The van der Waals surface area contributed by atoms with Crippen molar-refractivity contribution in [3.05, 3.63) is 11.7 Å². The van der Waals surface area contributed by atoms with Crippen LogP contribution in [0.25, 0.3) is 0 Å². The van der Waals surface area contributed by atoms with Crippen molar-refractivity contribution >= 4 is 0 Å². The van der Waals surface area contributed by atoms with Crippen LogP contribution in [0.2, 0.25) is 0 Å². The Kier molecular flexibility index (Phi) is 2.82. The molecule has 1 N–H and O–H groups in total. The van der Waals surface area contributed by atoms with E-state index in [4.69, 9.17) is 9.51 Å². The number of nitrogens with zero attached hydrogens (tertiary/aromatic N) is 4. The highest BCUT2D eigenvalue weighted by molar-refractivity contribution is 5.06. The Hall–Kier alpha value is -0.980. The van der Waals surface area contributed by atoms with Gasteiger partial charge in [-0.15, -0.1) is 0 Å². The molecule has 0 radical (unpaired) electrons. The van der Waals surface area contributed by atoms with E-state index in [2.05, 4.69) is 27.2 Å². The smallest absolute Gasteiger partial charge is 0.231 e. The van der Waals surface area contributed by atoms with E-state index in [1.807, 2.05) is 0 Å². The fourth-order valence-corrected chi connectivity index (χ4v) is 3.54. The van der Waals surface area contributed by atoms with Gasteiger partial charge < -0.3 is 9.84 Å². The van der Waals surface area contributed by atoms with Crippen LogP contribution in [0.5, 0.6) is 0 Å². The molecule has 1 aromatic heterocycles. The molecule has 3 atom stereocenters. The molecule has 104 valence electrons. The van der Waals surface area contributed by atoms with E-state index in [0.717, 1.165) is 44.4 Å². The number of rotatable bonds is 2. The van der Waals surface area contributed by atoms with E-state index in [0.29, 0.717) is 17.9 Å². The molecule has 4 aliphatic rings. The van der Waals surface area contributed by atoms with Gasteiger partial charge in [-0.1, -0.05) is 12.1 Å². The van der Waals surface area contributed by atoms with Crippen molar-refractivity contribution in [2.75, 3.05) is 45.8 Å². The van der Waals surface area contributed by atoms with Gasteiger partial charge in [0.2, 0.25) is 5.89 Å². The van der Waals surface area contributed by atoms with Crippen LogP contribution in [0.1, 0.15) is 30.6 Å². The van der Waals surface area contributed by atoms with Crippen LogP contribution in [0.4, 0.5) is 0 Å². The second kappa shape index (κ2) is 4.54. The summed E-state index contributed by atoms with van der Waals surface area (Å²) in [5, 5.41) is 7.65. The molecular formula is C13H21N5O. The third-order valence-corrected chi connectivity index (χ3v) is 4.87. The third-order valence-electron chi connectivity index (χ3n) is 4.87. The van der Waals surface area contributed by atoms with E-state index in [9.17, 15) is 0 Å². The van der Waals surface area contributed by atoms with E-state index in [1.54, 1.807) is 0 Å². The fourth-order valence-electron chi connectivity index (χ4n) is 3.54. The standard InChI is InChI=1S/C13H21N5O/c1-9-6-14-7-10(9)13-15-12(16-19-13)11-8-17-2-4-18(11)5-3-17/h9-11,14H,2-8H2,1H3. The van der Waals surface area contributed by atoms with Crippen molar-refractivity contribution in [1.29, 1.82) is 0 Å². The summed E-state index contributed by atoms with van der Waals surface area (Å²) in [5.41, 5.74) is 0. The topological polar surface area (TPSA) is 57.4 Å². The van der Waals surface area contributed by atoms with E-state index >= 15 is 0 Å². The second-order valence-electron chi connectivity index (χ2n) is 6.09. The molecule has 4 fully saturated rings. The van der Waals surface area contributed by atoms with Crippen LogP contribution < -0.4 is 5.32 Å². The predicted octanol–water partition coefficient (Wildman–Crippen LogP) is 0.0648. The molecule has 6 nitrogen and oxygen atoms in total. The number of aromatic nitrogens is 2. The molecule has 5 rings (SSSR count). The fraction of sp³-hybridized carbons (Fsp3) is 0.846. The van der Waals surface area contributed by atoms with Crippen molar-refractivity contribution in [3.8, 4) is 0 Å². The summed E-state index contributed by atoms with van der Waals surface area (Å²) in [6, 6.07) is 0.338. The minimum Gasteiger partial charge on any atom is -0.339 e.